The Morgan fingerprint density at radius 2 is 2.31 bits per heavy atom. The molecule has 1 unspecified atom stereocenters. The molecule has 4 heteroatoms. The van der Waals surface area contributed by atoms with Gasteiger partial charge < -0.3 is 4.90 Å². The number of rotatable bonds is 2. The van der Waals surface area contributed by atoms with Crippen molar-refractivity contribution in [2.45, 2.75) is 13.3 Å². The lowest BCUT2D eigenvalue weighted by Crippen LogP contribution is -2.25. The lowest BCUT2D eigenvalue weighted by atomic mass is 10.1. The maximum atomic E-state index is 13.2. The second-order valence-electron chi connectivity index (χ2n) is 4.19. The Kier molecular flexibility index (Phi) is 3.19. The van der Waals surface area contributed by atoms with Crippen LogP contribution in [-0.2, 0) is 4.79 Å². The second-order valence-corrected chi connectivity index (χ2v) is 4.55. The quantitative estimate of drug-likeness (QED) is 0.786. The van der Waals surface area contributed by atoms with Crippen LogP contribution in [-0.4, -0.2) is 18.2 Å². The van der Waals surface area contributed by atoms with Crippen LogP contribution in [0.25, 0.3) is 0 Å². The summed E-state index contributed by atoms with van der Waals surface area (Å²) in [6, 6.07) is 4.54. The zero-order valence-corrected chi connectivity index (χ0v) is 10.0. The maximum absolute atomic E-state index is 13.2. The van der Waals surface area contributed by atoms with Crippen molar-refractivity contribution < 1.29 is 9.18 Å². The largest absolute Gasteiger partial charge is 0.312 e. The Morgan fingerprint density at radius 1 is 1.56 bits per heavy atom. The number of nitrogens with zero attached hydrogens (tertiary/aromatic N) is 1. The average Bonchev–Trinajstić information content (AvgIpc) is 2.63. The second kappa shape index (κ2) is 4.45. The van der Waals surface area contributed by atoms with Crippen LogP contribution in [0.4, 0.5) is 10.1 Å². The van der Waals surface area contributed by atoms with Gasteiger partial charge in [0.1, 0.15) is 5.82 Å². The molecule has 1 fully saturated rings. The molecule has 1 amide bonds. The van der Waals surface area contributed by atoms with Crippen LogP contribution in [0.3, 0.4) is 0 Å². The number of thiol groups is 1. The van der Waals surface area contributed by atoms with Crippen LogP contribution in [0.1, 0.15) is 12.0 Å². The number of amides is 1. The van der Waals surface area contributed by atoms with Gasteiger partial charge in [-0.25, -0.2) is 4.39 Å². The lowest BCUT2D eigenvalue weighted by Gasteiger charge is -2.18. The molecule has 86 valence electrons. The molecule has 1 aliphatic heterocycles. The SMILES string of the molecule is Cc1ccc(F)cc1N1CC(CS)CC1=O. The van der Waals surface area contributed by atoms with Crippen LogP contribution in [0, 0.1) is 18.7 Å². The molecule has 0 aliphatic carbocycles. The molecule has 1 aromatic carbocycles. The van der Waals surface area contributed by atoms with E-state index in [2.05, 4.69) is 12.6 Å². The van der Waals surface area contributed by atoms with E-state index in [1.165, 1.54) is 12.1 Å². The lowest BCUT2D eigenvalue weighted by molar-refractivity contribution is -0.117. The van der Waals surface area contributed by atoms with Gasteiger partial charge in [0.15, 0.2) is 0 Å². The van der Waals surface area contributed by atoms with Crippen LogP contribution >= 0.6 is 12.6 Å². The summed E-state index contributed by atoms with van der Waals surface area (Å²) in [6.07, 6.45) is 0.513. The summed E-state index contributed by atoms with van der Waals surface area (Å²) < 4.78 is 13.2. The summed E-state index contributed by atoms with van der Waals surface area (Å²) in [5, 5.41) is 0. The Hall–Kier alpha value is -1.03. The molecule has 1 heterocycles. The number of aryl methyl sites for hydroxylation is 1. The van der Waals surface area contributed by atoms with Crippen molar-refractivity contribution in [2.24, 2.45) is 5.92 Å². The number of hydrogen-bond donors (Lipinski definition) is 1. The molecule has 1 saturated heterocycles. The van der Waals surface area contributed by atoms with Gasteiger partial charge in [-0.2, -0.15) is 12.6 Å². The smallest absolute Gasteiger partial charge is 0.227 e. The molecule has 2 rings (SSSR count). The fraction of sp³-hybridized carbons (Fsp3) is 0.417. The Balaban J connectivity index is 2.30. The highest BCUT2D eigenvalue weighted by Crippen LogP contribution is 2.28. The molecule has 0 N–H and O–H groups in total. The summed E-state index contributed by atoms with van der Waals surface area (Å²) in [7, 11) is 0. The molecule has 0 radical (unpaired) electrons. The first-order valence-corrected chi connectivity index (χ1v) is 5.92. The van der Waals surface area contributed by atoms with Crippen molar-refractivity contribution in [3.05, 3.63) is 29.6 Å². The summed E-state index contributed by atoms with van der Waals surface area (Å²) in [4.78, 5) is 13.4. The zero-order chi connectivity index (χ0) is 11.7. The highest BCUT2D eigenvalue weighted by molar-refractivity contribution is 7.80. The molecular weight excluding hydrogens is 225 g/mol. The van der Waals surface area contributed by atoms with E-state index >= 15 is 0 Å². The van der Waals surface area contributed by atoms with E-state index in [1.54, 1.807) is 11.0 Å². The van der Waals surface area contributed by atoms with E-state index < -0.39 is 0 Å². The van der Waals surface area contributed by atoms with Gasteiger partial charge in [0.25, 0.3) is 0 Å². The first-order valence-electron chi connectivity index (χ1n) is 5.29. The summed E-state index contributed by atoms with van der Waals surface area (Å²) in [5.41, 5.74) is 1.61. The molecule has 0 aromatic heterocycles. The van der Waals surface area contributed by atoms with Gasteiger partial charge >= 0.3 is 0 Å². The molecule has 1 aliphatic rings. The van der Waals surface area contributed by atoms with Crippen molar-refractivity contribution in [3.63, 3.8) is 0 Å². The third-order valence-electron chi connectivity index (χ3n) is 2.93. The summed E-state index contributed by atoms with van der Waals surface area (Å²) >= 11 is 4.20. The monoisotopic (exact) mass is 239 g/mol. The van der Waals surface area contributed by atoms with Gasteiger partial charge in [-0.15, -0.1) is 0 Å². The van der Waals surface area contributed by atoms with Crippen molar-refractivity contribution in [1.82, 2.24) is 0 Å². The third kappa shape index (κ3) is 2.07. The normalized spacial score (nSPS) is 20.6. The fourth-order valence-corrected chi connectivity index (χ4v) is 2.25. The van der Waals surface area contributed by atoms with Crippen molar-refractivity contribution >= 4 is 24.2 Å². The first-order chi connectivity index (χ1) is 7.61. The number of carbonyl (C=O) groups excluding carboxylic acids is 1. The topological polar surface area (TPSA) is 20.3 Å². The molecule has 1 atom stereocenters. The molecule has 0 saturated carbocycles. The van der Waals surface area contributed by atoms with E-state index in [9.17, 15) is 9.18 Å². The van der Waals surface area contributed by atoms with Gasteiger partial charge in [0, 0.05) is 18.7 Å². The van der Waals surface area contributed by atoms with Crippen molar-refractivity contribution in [3.8, 4) is 0 Å². The van der Waals surface area contributed by atoms with E-state index in [0.29, 0.717) is 24.4 Å². The fourth-order valence-electron chi connectivity index (χ4n) is 2.01. The summed E-state index contributed by atoms with van der Waals surface area (Å²) in [6.45, 7) is 2.53. The van der Waals surface area contributed by atoms with Crippen LogP contribution < -0.4 is 4.90 Å². The molecule has 0 bridgehead atoms. The maximum Gasteiger partial charge on any atom is 0.227 e. The highest BCUT2D eigenvalue weighted by Gasteiger charge is 2.30. The van der Waals surface area contributed by atoms with Gasteiger partial charge in [-0.3, -0.25) is 4.79 Å². The number of halogens is 1. The number of hydrogen-bond acceptors (Lipinski definition) is 2. The standard InChI is InChI=1S/C12H14FNOS/c1-8-2-3-10(13)5-11(8)14-6-9(7-16)4-12(14)15/h2-3,5,9,16H,4,6-7H2,1H3. The Morgan fingerprint density at radius 3 is 2.94 bits per heavy atom. The first kappa shape index (κ1) is 11.5. The van der Waals surface area contributed by atoms with Crippen LogP contribution in [0.5, 0.6) is 0 Å². The average molecular weight is 239 g/mol. The number of anilines is 1. The van der Waals surface area contributed by atoms with Crippen LogP contribution in [0.15, 0.2) is 18.2 Å². The molecule has 1 aromatic rings. The molecule has 2 nitrogen and oxygen atoms in total. The van der Waals surface area contributed by atoms with Crippen LogP contribution in [0.2, 0.25) is 0 Å². The molecule has 16 heavy (non-hydrogen) atoms. The van der Waals surface area contributed by atoms with E-state index in [4.69, 9.17) is 0 Å². The minimum atomic E-state index is -0.303. The van der Waals surface area contributed by atoms with Gasteiger partial charge in [-0.1, -0.05) is 6.07 Å². The van der Waals surface area contributed by atoms with Gasteiger partial charge in [0.05, 0.1) is 0 Å². The van der Waals surface area contributed by atoms with Gasteiger partial charge in [0.2, 0.25) is 5.91 Å². The minimum absolute atomic E-state index is 0.0627. The van der Waals surface area contributed by atoms with E-state index in [1.807, 2.05) is 6.92 Å². The van der Waals surface area contributed by atoms with Crippen molar-refractivity contribution in [1.29, 1.82) is 0 Å². The minimum Gasteiger partial charge on any atom is -0.312 e. The Labute approximate surface area is 99.9 Å². The third-order valence-corrected chi connectivity index (χ3v) is 3.44. The summed E-state index contributed by atoms with van der Waals surface area (Å²) in [5.74, 6) is 0.727. The predicted octanol–water partition coefficient (Wildman–Crippen LogP) is 2.42. The molecular formula is C12H14FNOS. The zero-order valence-electron chi connectivity index (χ0n) is 9.11. The molecule has 0 spiro atoms. The van der Waals surface area contributed by atoms with Crippen molar-refractivity contribution in [2.75, 3.05) is 17.2 Å². The Bertz CT molecular complexity index is 421. The highest BCUT2D eigenvalue weighted by atomic mass is 32.1. The van der Waals surface area contributed by atoms with E-state index in [-0.39, 0.29) is 17.6 Å². The number of benzene rings is 1. The van der Waals surface area contributed by atoms with Gasteiger partial charge in [-0.05, 0) is 36.3 Å². The number of carbonyl (C=O) groups is 1. The van der Waals surface area contributed by atoms with E-state index in [0.717, 1.165) is 5.56 Å². The predicted molar refractivity (Wildman–Crippen MR) is 65.5 cm³/mol.